The first kappa shape index (κ1) is 15.7. The van der Waals surface area contributed by atoms with Crippen molar-refractivity contribution < 1.29 is 14.3 Å². The average molecular weight is 323 g/mol. The second-order valence-corrected chi connectivity index (χ2v) is 5.55. The van der Waals surface area contributed by atoms with E-state index in [0.717, 1.165) is 5.52 Å². The molecule has 1 amide bonds. The van der Waals surface area contributed by atoms with Gasteiger partial charge in [0.25, 0.3) is 5.91 Å². The van der Waals surface area contributed by atoms with E-state index in [1.54, 1.807) is 44.4 Å². The van der Waals surface area contributed by atoms with Gasteiger partial charge in [0.2, 0.25) is 6.10 Å². The summed E-state index contributed by atoms with van der Waals surface area (Å²) in [7, 11) is 3.24. The molecule has 24 heavy (non-hydrogen) atoms. The maximum absolute atomic E-state index is 12.6. The lowest BCUT2D eigenvalue weighted by atomic mass is 10.1. The quantitative estimate of drug-likeness (QED) is 0.749. The first-order valence-electron chi connectivity index (χ1n) is 7.48. The molecule has 1 N–H and O–H groups in total. The van der Waals surface area contributed by atoms with Crippen LogP contribution in [0.2, 0.25) is 0 Å². The summed E-state index contributed by atoms with van der Waals surface area (Å²) < 4.78 is 5.50. The zero-order valence-electron chi connectivity index (χ0n) is 13.4. The Hall–Kier alpha value is -3.15. The molecule has 6 heteroatoms. The van der Waals surface area contributed by atoms with Gasteiger partial charge in [-0.15, -0.1) is 0 Å². The fourth-order valence-corrected chi connectivity index (χ4v) is 2.41. The molecule has 3 aromatic rings. The highest BCUT2D eigenvalue weighted by molar-refractivity contribution is 6.02. The number of carbonyl (C=O) groups excluding carboxylic acids is 2. The number of rotatable bonds is 4. The fourth-order valence-electron chi connectivity index (χ4n) is 2.41. The lowest BCUT2D eigenvalue weighted by Crippen LogP contribution is -2.31. The van der Waals surface area contributed by atoms with Gasteiger partial charge in [-0.1, -0.05) is 48.5 Å². The third-order valence-corrected chi connectivity index (χ3v) is 3.66. The molecule has 0 aliphatic rings. The standard InChI is InChI=1S/C18H17N3O3/c1-21(2)17(22)16(12-8-4-3-5-9-12)24-18(23)15-13-10-6-7-11-14(13)19-20-15/h3-11,16H,1-2H3,(H,19,20)/t16-/m1/s1. The van der Waals surface area contributed by atoms with Crippen LogP contribution < -0.4 is 0 Å². The largest absolute Gasteiger partial charge is 0.442 e. The van der Waals surface area contributed by atoms with Gasteiger partial charge in [0.15, 0.2) is 5.69 Å². The number of nitrogens with one attached hydrogen (secondary N) is 1. The van der Waals surface area contributed by atoms with Crippen molar-refractivity contribution in [3.8, 4) is 0 Å². The molecule has 122 valence electrons. The molecular weight excluding hydrogens is 306 g/mol. The van der Waals surface area contributed by atoms with Crippen molar-refractivity contribution in [2.45, 2.75) is 6.10 Å². The molecule has 0 bridgehead atoms. The van der Waals surface area contributed by atoms with Crippen LogP contribution >= 0.6 is 0 Å². The van der Waals surface area contributed by atoms with Crippen molar-refractivity contribution in [2.24, 2.45) is 0 Å². The van der Waals surface area contributed by atoms with Crippen LogP contribution in [-0.4, -0.2) is 41.1 Å². The van der Waals surface area contributed by atoms with Crippen molar-refractivity contribution >= 4 is 22.8 Å². The zero-order valence-corrected chi connectivity index (χ0v) is 13.4. The summed E-state index contributed by atoms with van der Waals surface area (Å²) >= 11 is 0. The van der Waals surface area contributed by atoms with E-state index in [1.165, 1.54) is 4.90 Å². The van der Waals surface area contributed by atoms with Crippen molar-refractivity contribution in [1.29, 1.82) is 0 Å². The van der Waals surface area contributed by atoms with Gasteiger partial charge in [0.05, 0.1) is 5.52 Å². The third-order valence-electron chi connectivity index (χ3n) is 3.66. The Balaban J connectivity index is 1.92. The summed E-state index contributed by atoms with van der Waals surface area (Å²) in [5.74, 6) is -0.953. The van der Waals surface area contributed by atoms with Gasteiger partial charge in [0, 0.05) is 25.0 Å². The molecule has 6 nitrogen and oxygen atoms in total. The molecule has 1 aromatic heterocycles. The normalized spacial score (nSPS) is 11.9. The minimum Gasteiger partial charge on any atom is -0.442 e. The Kier molecular flexibility index (Phi) is 4.29. The number of benzene rings is 2. The van der Waals surface area contributed by atoms with Gasteiger partial charge in [-0.25, -0.2) is 4.79 Å². The number of aromatic nitrogens is 2. The number of hydrogen-bond acceptors (Lipinski definition) is 4. The number of H-pyrrole nitrogens is 1. The van der Waals surface area contributed by atoms with E-state index < -0.39 is 12.1 Å². The molecule has 0 saturated carbocycles. The number of aromatic amines is 1. The van der Waals surface area contributed by atoms with Gasteiger partial charge >= 0.3 is 5.97 Å². The highest BCUT2D eigenvalue weighted by Crippen LogP contribution is 2.23. The van der Waals surface area contributed by atoms with E-state index in [9.17, 15) is 9.59 Å². The van der Waals surface area contributed by atoms with Crippen LogP contribution in [0.25, 0.3) is 10.9 Å². The summed E-state index contributed by atoms with van der Waals surface area (Å²) in [6.07, 6.45) is -1.01. The van der Waals surface area contributed by atoms with E-state index in [2.05, 4.69) is 10.2 Å². The highest BCUT2D eigenvalue weighted by atomic mass is 16.5. The number of nitrogens with zero attached hydrogens (tertiary/aromatic N) is 2. The average Bonchev–Trinajstić information content (AvgIpc) is 3.04. The van der Waals surface area contributed by atoms with Gasteiger partial charge < -0.3 is 9.64 Å². The van der Waals surface area contributed by atoms with E-state index in [1.807, 2.05) is 24.3 Å². The minimum absolute atomic E-state index is 0.165. The van der Waals surface area contributed by atoms with Gasteiger partial charge in [-0.2, -0.15) is 5.10 Å². The Labute approximate surface area is 139 Å². The van der Waals surface area contributed by atoms with Crippen LogP contribution in [0, 0.1) is 0 Å². The van der Waals surface area contributed by atoms with Crippen LogP contribution in [0.1, 0.15) is 22.2 Å². The lowest BCUT2D eigenvalue weighted by Gasteiger charge is -2.20. The topological polar surface area (TPSA) is 75.3 Å². The SMILES string of the molecule is CN(C)C(=O)[C@H](OC(=O)c1n[nH]c2ccccc12)c1ccccc1. The number of likely N-dealkylation sites (N-methyl/N-ethyl adjacent to an activating group) is 1. The summed E-state index contributed by atoms with van der Waals surface area (Å²) in [5.41, 5.74) is 1.52. The van der Waals surface area contributed by atoms with Gasteiger partial charge in [0.1, 0.15) is 0 Å². The Morgan fingerprint density at radius 3 is 2.42 bits per heavy atom. The predicted octanol–water partition coefficient (Wildman–Crippen LogP) is 2.55. The summed E-state index contributed by atoms with van der Waals surface area (Å²) in [4.78, 5) is 26.4. The Morgan fingerprint density at radius 2 is 1.71 bits per heavy atom. The fraction of sp³-hybridized carbons (Fsp3) is 0.167. The minimum atomic E-state index is -1.01. The molecule has 0 saturated heterocycles. The molecule has 1 atom stereocenters. The second-order valence-electron chi connectivity index (χ2n) is 5.55. The van der Waals surface area contributed by atoms with Crippen molar-refractivity contribution in [1.82, 2.24) is 15.1 Å². The number of ether oxygens (including phenoxy) is 1. The van der Waals surface area contributed by atoms with E-state index in [0.29, 0.717) is 10.9 Å². The molecule has 2 aromatic carbocycles. The molecule has 0 spiro atoms. The first-order valence-corrected chi connectivity index (χ1v) is 7.48. The van der Waals surface area contributed by atoms with E-state index in [-0.39, 0.29) is 11.6 Å². The number of amides is 1. The van der Waals surface area contributed by atoms with Crippen LogP contribution in [0.4, 0.5) is 0 Å². The smallest absolute Gasteiger partial charge is 0.360 e. The summed E-state index contributed by atoms with van der Waals surface area (Å²) in [5, 5.41) is 7.47. The Morgan fingerprint density at radius 1 is 1.04 bits per heavy atom. The number of para-hydroxylation sites is 1. The molecule has 3 rings (SSSR count). The number of fused-ring (bicyclic) bond motifs is 1. The van der Waals surface area contributed by atoms with Crippen LogP contribution in [-0.2, 0) is 9.53 Å². The van der Waals surface area contributed by atoms with Crippen LogP contribution in [0.3, 0.4) is 0 Å². The maximum atomic E-state index is 12.6. The Bertz CT molecular complexity index is 871. The molecule has 0 radical (unpaired) electrons. The van der Waals surface area contributed by atoms with Crippen molar-refractivity contribution in [3.05, 3.63) is 65.9 Å². The zero-order chi connectivity index (χ0) is 17.1. The molecule has 1 heterocycles. The van der Waals surface area contributed by atoms with Crippen molar-refractivity contribution in [2.75, 3.05) is 14.1 Å². The first-order chi connectivity index (χ1) is 11.6. The van der Waals surface area contributed by atoms with Crippen molar-refractivity contribution in [3.63, 3.8) is 0 Å². The van der Waals surface area contributed by atoms with E-state index in [4.69, 9.17) is 4.74 Å². The van der Waals surface area contributed by atoms with Crippen LogP contribution in [0.15, 0.2) is 54.6 Å². The monoisotopic (exact) mass is 323 g/mol. The maximum Gasteiger partial charge on any atom is 0.360 e. The molecule has 0 aliphatic carbocycles. The van der Waals surface area contributed by atoms with Gasteiger partial charge in [-0.05, 0) is 6.07 Å². The molecule has 0 unspecified atom stereocenters. The number of carbonyl (C=O) groups is 2. The number of hydrogen-bond donors (Lipinski definition) is 1. The molecule has 0 fully saturated rings. The highest BCUT2D eigenvalue weighted by Gasteiger charge is 2.28. The third kappa shape index (κ3) is 2.99. The second kappa shape index (κ2) is 6.54. The lowest BCUT2D eigenvalue weighted by molar-refractivity contribution is -0.138. The summed E-state index contributed by atoms with van der Waals surface area (Å²) in [6.45, 7) is 0. The predicted molar refractivity (Wildman–Crippen MR) is 89.4 cm³/mol. The molecule has 0 aliphatic heterocycles. The van der Waals surface area contributed by atoms with E-state index >= 15 is 0 Å². The molecular formula is C18H17N3O3. The van der Waals surface area contributed by atoms with Gasteiger partial charge in [-0.3, -0.25) is 9.89 Å². The number of esters is 1. The summed E-state index contributed by atoms with van der Waals surface area (Å²) in [6, 6.07) is 16.2. The van der Waals surface area contributed by atoms with Crippen LogP contribution in [0.5, 0.6) is 0 Å².